The number of hydrogen-bond acceptors (Lipinski definition) is 3. The summed E-state index contributed by atoms with van der Waals surface area (Å²) in [6, 6.07) is 3.87. The number of nitrogens with one attached hydrogen (secondary N) is 1. The Kier molecular flexibility index (Phi) is 5.57. The Labute approximate surface area is 171 Å². The van der Waals surface area contributed by atoms with Gasteiger partial charge in [-0.15, -0.1) is 0 Å². The summed E-state index contributed by atoms with van der Waals surface area (Å²) in [5.74, 6) is -1.65. The van der Waals surface area contributed by atoms with Gasteiger partial charge in [-0.05, 0) is 62.8 Å². The van der Waals surface area contributed by atoms with Crippen molar-refractivity contribution >= 4 is 11.6 Å². The molecule has 2 aliphatic rings. The van der Waals surface area contributed by atoms with Crippen LogP contribution < -0.4 is 5.32 Å². The Balaban J connectivity index is 1.72. The van der Waals surface area contributed by atoms with Gasteiger partial charge in [-0.1, -0.05) is 0 Å². The summed E-state index contributed by atoms with van der Waals surface area (Å²) in [5.41, 5.74) is -1.05. The topological polar surface area (TPSA) is 56.2 Å². The van der Waals surface area contributed by atoms with Gasteiger partial charge in [0.2, 0.25) is 0 Å². The molecule has 1 saturated heterocycles. The van der Waals surface area contributed by atoms with E-state index in [0.717, 1.165) is 17.5 Å². The van der Waals surface area contributed by atoms with Crippen LogP contribution in [0.5, 0.6) is 0 Å². The van der Waals surface area contributed by atoms with Crippen molar-refractivity contribution in [2.75, 3.05) is 11.9 Å². The highest BCUT2D eigenvalue weighted by atomic mass is 19.4. The van der Waals surface area contributed by atoms with Crippen molar-refractivity contribution in [1.82, 2.24) is 9.78 Å². The summed E-state index contributed by atoms with van der Waals surface area (Å²) in [7, 11) is 0. The Morgan fingerprint density at radius 3 is 2.63 bits per heavy atom. The van der Waals surface area contributed by atoms with Crippen LogP contribution in [0.2, 0.25) is 0 Å². The van der Waals surface area contributed by atoms with Crippen LogP contribution in [0.25, 0.3) is 0 Å². The van der Waals surface area contributed by atoms with E-state index in [1.54, 1.807) is 0 Å². The normalized spacial score (nSPS) is 19.7. The van der Waals surface area contributed by atoms with Crippen molar-refractivity contribution in [3.63, 3.8) is 0 Å². The summed E-state index contributed by atoms with van der Waals surface area (Å²) in [4.78, 5) is 13.0. The minimum Gasteiger partial charge on any atom is -0.376 e. The monoisotopic (exact) mass is 425 g/mol. The minimum atomic E-state index is -4.71. The summed E-state index contributed by atoms with van der Waals surface area (Å²) in [5, 5.41) is 6.70. The van der Waals surface area contributed by atoms with Crippen LogP contribution in [-0.2, 0) is 17.5 Å². The molecule has 9 heteroatoms. The predicted molar refractivity (Wildman–Crippen MR) is 102 cm³/mol. The molecular weight excluding hydrogens is 402 g/mol. The van der Waals surface area contributed by atoms with Crippen LogP contribution in [0.1, 0.15) is 65.3 Å². The Morgan fingerprint density at radius 1 is 1.27 bits per heavy atom. The first-order valence-electron chi connectivity index (χ1n) is 10.1. The fourth-order valence-corrected chi connectivity index (χ4v) is 3.82. The predicted octanol–water partition coefficient (Wildman–Crippen LogP) is 5.05. The third kappa shape index (κ3) is 4.35. The van der Waals surface area contributed by atoms with Crippen molar-refractivity contribution in [1.29, 1.82) is 0 Å². The zero-order chi connectivity index (χ0) is 21.5. The van der Waals surface area contributed by atoms with Crippen molar-refractivity contribution < 1.29 is 27.1 Å². The standard InChI is InChI=1S/C21H23F4N3O2/c1-12-10-14(7-8-16(12)22)26-20(29)19-17(21(23,24)25)18(13-5-6-13)27-28(19)11-15-4-2-3-9-30-15/h7-8,10,13,15H,2-6,9,11H2,1H3,(H,26,29). The van der Waals surface area contributed by atoms with E-state index in [0.29, 0.717) is 25.9 Å². The molecule has 1 atom stereocenters. The largest absolute Gasteiger partial charge is 0.420 e. The highest BCUT2D eigenvalue weighted by molar-refractivity contribution is 6.04. The first kappa shape index (κ1) is 20.8. The third-order valence-corrected chi connectivity index (χ3v) is 5.51. The van der Waals surface area contributed by atoms with Gasteiger partial charge in [0.1, 0.15) is 17.1 Å². The minimum absolute atomic E-state index is 0.0706. The molecule has 1 aliphatic carbocycles. The number of carbonyl (C=O) groups excluding carboxylic acids is 1. The molecule has 2 fully saturated rings. The van der Waals surface area contributed by atoms with Crippen molar-refractivity contribution in [3.8, 4) is 0 Å². The van der Waals surface area contributed by atoms with Crippen LogP contribution in [0.4, 0.5) is 23.2 Å². The second kappa shape index (κ2) is 8.02. The number of nitrogens with zero attached hydrogens (tertiary/aromatic N) is 2. The Hall–Kier alpha value is -2.42. The lowest BCUT2D eigenvalue weighted by Gasteiger charge is -2.23. The van der Waals surface area contributed by atoms with E-state index in [1.165, 1.54) is 25.1 Å². The molecule has 0 spiro atoms. The van der Waals surface area contributed by atoms with Crippen LogP contribution >= 0.6 is 0 Å². The van der Waals surface area contributed by atoms with Gasteiger partial charge in [-0.25, -0.2) is 4.39 Å². The van der Waals surface area contributed by atoms with Gasteiger partial charge in [0.15, 0.2) is 0 Å². The van der Waals surface area contributed by atoms with Gasteiger partial charge >= 0.3 is 6.18 Å². The van der Waals surface area contributed by atoms with E-state index in [1.807, 2.05) is 0 Å². The number of alkyl halides is 3. The van der Waals surface area contributed by atoms with E-state index in [2.05, 4.69) is 10.4 Å². The number of benzene rings is 1. The number of amides is 1. The lowest BCUT2D eigenvalue weighted by molar-refractivity contribution is -0.138. The van der Waals surface area contributed by atoms with E-state index < -0.39 is 29.2 Å². The number of rotatable bonds is 5. The molecule has 162 valence electrons. The fraction of sp³-hybridized carbons (Fsp3) is 0.524. The fourth-order valence-electron chi connectivity index (χ4n) is 3.82. The molecule has 0 bridgehead atoms. The molecule has 1 aromatic carbocycles. The highest BCUT2D eigenvalue weighted by Gasteiger charge is 2.46. The molecule has 0 radical (unpaired) electrons. The molecule has 1 saturated carbocycles. The average Bonchev–Trinajstić information content (AvgIpc) is 3.46. The SMILES string of the molecule is Cc1cc(NC(=O)c2c(C(F)(F)F)c(C3CC3)nn2CC2CCCCO2)ccc1F. The maximum atomic E-state index is 14.0. The number of halogens is 4. The van der Waals surface area contributed by atoms with Gasteiger partial charge in [0.05, 0.1) is 18.3 Å². The molecule has 2 aromatic rings. The summed E-state index contributed by atoms with van der Waals surface area (Å²) < 4.78 is 62.3. The van der Waals surface area contributed by atoms with Gasteiger partial charge < -0.3 is 10.1 Å². The molecule has 30 heavy (non-hydrogen) atoms. The van der Waals surface area contributed by atoms with Crippen LogP contribution in [0.3, 0.4) is 0 Å². The second-order valence-corrected chi connectivity index (χ2v) is 7.97. The Morgan fingerprint density at radius 2 is 2.03 bits per heavy atom. The van der Waals surface area contributed by atoms with Crippen molar-refractivity contribution in [2.24, 2.45) is 0 Å². The zero-order valence-corrected chi connectivity index (χ0v) is 16.6. The molecule has 1 aliphatic heterocycles. The molecule has 1 unspecified atom stereocenters. The molecule has 1 aromatic heterocycles. The molecular formula is C21H23F4N3O2. The van der Waals surface area contributed by atoms with Gasteiger partial charge in [0, 0.05) is 18.2 Å². The summed E-state index contributed by atoms with van der Waals surface area (Å²) in [6.07, 6.45) is -1.21. The molecule has 1 amide bonds. The smallest absolute Gasteiger partial charge is 0.376 e. The lowest BCUT2D eigenvalue weighted by Crippen LogP contribution is -2.29. The van der Waals surface area contributed by atoms with Crippen LogP contribution in [0.15, 0.2) is 18.2 Å². The van der Waals surface area contributed by atoms with Gasteiger partial charge in [-0.2, -0.15) is 18.3 Å². The van der Waals surface area contributed by atoms with Crippen molar-refractivity contribution in [3.05, 3.63) is 46.5 Å². The number of anilines is 1. The van der Waals surface area contributed by atoms with E-state index >= 15 is 0 Å². The summed E-state index contributed by atoms with van der Waals surface area (Å²) >= 11 is 0. The third-order valence-electron chi connectivity index (χ3n) is 5.51. The first-order valence-corrected chi connectivity index (χ1v) is 10.1. The number of ether oxygens (including phenoxy) is 1. The van der Waals surface area contributed by atoms with Gasteiger partial charge in [0.25, 0.3) is 5.91 Å². The molecule has 4 rings (SSSR count). The highest BCUT2D eigenvalue weighted by Crippen LogP contribution is 2.46. The Bertz CT molecular complexity index is 944. The average molecular weight is 425 g/mol. The zero-order valence-electron chi connectivity index (χ0n) is 16.6. The summed E-state index contributed by atoms with van der Waals surface area (Å²) in [6.45, 7) is 2.15. The number of aromatic nitrogens is 2. The number of hydrogen-bond donors (Lipinski definition) is 1. The maximum absolute atomic E-state index is 14.0. The van der Waals surface area contributed by atoms with Crippen molar-refractivity contribution in [2.45, 2.75) is 63.8 Å². The maximum Gasteiger partial charge on any atom is 0.420 e. The number of aryl methyl sites for hydroxylation is 1. The second-order valence-electron chi connectivity index (χ2n) is 7.97. The quantitative estimate of drug-likeness (QED) is 0.683. The van der Waals surface area contributed by atoms with Gasteiger partial charge in [-0.3, -0.25) is 9.48 Å². The van der Waals surface area contributed by atoms with E-state index in [4.69, 9.17) is 4.74 Å². The molecule has 5 nitrogen and oxygen atoms in total. The lowest BCUT2D eigenvalue weighted by atomic mass is 10.1. The number of carbonyl (C=O) groups is 1. The first-order chi connectivity index (χ1) is 14.2. The van der Waals surface area contributed by atoms with Crippen LogP contribution in [-0.4, -0.2) is 28.4 Å². The van der Waals surface area contributed by atoms with E-state index in [9.17, 15) is 22.4 Å². The molecule has 2 heterocycles. The molecule has 1 N–H and O–H groups in total. The van der Waals surface area contributed by atoms with Crippen LogP contribution in [0, 0.1) is 12.7 Å². The van der Waals surface area contributed by atoms with E-state index in [-0.39, 0.29) is 35.5 Å².